The molecule has 0 aromatic rings. The zero-order valence-corrected chi connectivity index (χ0v) is 15.0. The zero-order valence-electron chi connectivity index (χ0n) is 15.0. The Morgan fingerprint density at radius 1 is 1.00 bits per heavy atom. The van der Waals surface area contributed by atoms with Crippen molar-refractivity contribution in [3.8, 4) is 0 Å². The number of hydrogen-bond acceptors (Lipinski definition) is 2. The highest BCUT2D eigenvalue weighted by molar-refractivity contribution is 5.75. The number of unbranched alkanes of at least 4 members (excludes halogenated alkanes) is 4. The minimum absolute atomic E-state index is 0.327. The maximum absolute atomic E-state index is 10.6. The molecule has 0 radical (unpaired) electrons. The molecule has 2 heteroatoms. The summed E-state index contributed by atoms with van der Waals surface area (Å²) in [6.07, 6.45) is 12.8. The summed E-state index contributed by atoms with van der Waals surface area (Å²) >= 11 is 0. The average molecular weight is 298 g/mol. The number of carbonyl (C=O) groups excluding carboxylic acids is 1. The van der Waals surface area contributed by atoms with E-state index in [1.165, 1.54) is 51.4 Å². The molecular formula is C19H39NO. The lowest BCUT2D eigenvalue weighted by atomic mass is 9.84. The van der Waals surface area contributed by atoms with Crippen molar-refractivity contribution in [3.63, 3.8) is 0 Å². The average Bonchev–Trinajstić information content (AvgIpc) is 2.42. The third-order valence-corrected chi connectivity index (χ3v) is 4.33. The molecule has 0 unspecified atom stereocenters. The number of hydrogen-bond donors (Lipinski definition) is 1. The van der Waals surface area contributed by atoms with Crippen LogP contribution >= 0.6 is 0 Å². The molecule has 0 amide bonds. The summed E-state index contributed by atoms with van der Waals surface area (Å²) in [6, 6.07) is 0. The molecule has 0 aromatic heterocycles. The van der Waals surface area contributed by atoms with Gasteiger partial charge in [-0.2, -0.15) is 0 Å². The summed E-state index contributed by atoms with van der Waals surface area (Å²) in [6.45, 7) is 10.8. The van der Waals surface area contributed by atoms with Crippen molar-refractivity contribution >= 4 is 5.78 Å². The zero-order chi connectivity index (χ0) is 15.9. The van der Waals surface area contributed by atoms with Gasteiger partial charge in [-0.25, -0.2) is 0 Å². The monoisotopic (exact) mass is 297 g/mol. The van der Waals surface area contributed by atoms with Gasteiger partial charge in [-0.05, 0) is 51.1 Å². The Kier molecular flexibility index (Phi) is 14.3. The Hall–Kier alpha value is -0.370. The van der Waals surface area contributed by atoms with Crippen molar-refractivity contribution in [1.29, 1.82) is 0 Å². The molecule has 21 heavy (non-hydrogen) atoms. The highest BCUT2D eigenvalue weighted by Gasteiger charge is 2.13. The van der Waals surface area contributed by atoms with Crippen LogP contribution in [-0.4, -0.2) is 18.9 Å². The van der Waals surface area contributed by atoms with Crippen LogP contribution in [0.3, 0.4) is 0 Å². The summed E-state index contributed by atoms with van der Waals surface area (Å²) in [5, 5.41) is 3.30. The van der Waals surface area contributed by atoms with Gasteiger partial charge in [0.05, 0.1) is 0 Å². The van der Waals surface area contributed by atoms with Gasteiger partial charge in [-0.3, -0.25) is 0 Å². The van der Waals surface area contributed by atoms with Gasteiger partial charge in [0.25, 0.3) is 0 Å². The number of rotatable bonds is 9. The molecular weight excluding hydrogens is 258 g/mol. The molecule has 0 aromatic carbocycles. The smallest absolute Gasteiger partial charge is 0.129 e. The normalized spacial score (nSPS) is 21.5. The van der Waals surface area contributed by atoms with Crippen molar-refractivity contribution in [2.24, 2.45) is 11.8 Å². The molecule has 0 spiro atoms. The molecule has 1 aliphatic carbocycles. The largest absolute Gasteiger partial charge is 0.317 e. The lowest BCUT2D eigenvalue weighted by Crippen LogP contribution is -2.13. The summed E-state index contributed by atoms with van der Waals surface area (Å²) in [7, 11) is 0. The first-order chi connectivity index (χ1) is 10.1. The SMILES string of the molecule is CCNCCCCCCCC(C)=O.C[C@@H]1CCC[C@H](C)C1. The summed E-state index contributed by atoms with van der Waals surface area (Å²) < 4.78 is 0. The highest BCUT2D eigenvalue weighted by atomic mass is 16.1. The van der Waals surface area contributed by atoms with E-state index in [0.29, 0.717) is 5.78 Å². The summed E-state index contributed by atoms with van der Waals surface area (Å²) in [4.78, 5) is 10.6. The van der Waals surface area contributed by atoms with E-state index >= 15 is 0 Å². The van der Waals surface area contributed by atoms with Gasteiger partial charge in [0.1, 0.15) is 5.78 Å². The Labute approximate surface area is 133 Å². The number of nitrogens with one attached hydrogen (secondary N) is 1. The highest BCUT2D eigenvalue weighted by Crippen LogP contribution is 2.27. The predicted octanol–water partition coefficient (Wildman–Crippen LogP) is 5.36. The van der Waals surface area contributed by atoms with Crippen LogP contribution in [0.1, 0.15) is 91.9 Å². The molecule has 0 saturated heterocycles. The van der Waals surface area contributed by atoms with Crippen molar-refractivity contribution in [1.82, 2.24) is 5.32 Å². The van der Waals surface area contributed by atoms with E-state index in [1.54, 1.807) is 6.92 Å². The summed E-state index contributed by atoms with van der Waals surface area (Å²) in [5.74, 6) is 2.35. The van der Waals surface area contributed by atoms with Crippen LogP contribution in [0.4, 0.5) is 0 Å². The number of carbonyl (C=O) groups is 1. The molecule has 1 aliphatic rings. The van der Waals surface area contributed by atoms with Gasteiger partial charge in [-0.1, -0.05) is 59.3 Å². The van der Waals surface area contributed by atoms with Gasteiger partial charge in [-0.15, -0.1) is 0 Å². The van der Waals surface area contributed by atoms with Crippen molar-refractivity contribution < 1.29 is 4.79 Å². The Morgan fingerprint density at radius 3 is 2.05 bits per heavy atom. The van der Waals surface area contributed by atoms with Gasteiger partial charge < -0.3 is 10.1 Å². The minimum atomic E-state index is 0.327. The molecule has 0 bridgehead atoms. The first kappa shape index (κ1) is 20.6. The molecule has 2 nitrogen and oxygen atoms in total. The van der Waals surface area contributed by atoms with Crippen molar-refractivity contribution in [2.45, 2.75) is 91.9 Å². The second kappa shape index (κ2) is 14.6. The molecule has 1 N–H and O–H groups in total. The van der Waals surface area contributed by atoms with E-state index < -0.39 is 0 Å². The van der Waals surface area contributed by atoms with Crippen LogP contribution < -0.4 is 5.32 Å². The van der Waals surface area contributed by atoms with E-state index in [2.05, 4.69) is 26.1 Å². The Morgan fingerprint density at radius 2 is 1.57 bits per heavy atom. The van der Waals surface area contributed by atoms with E-state index in [0.717, 1.165) is 37.8 Å². The van der Waals surface area contributed by atoms with Crippen LogP contribution in [-0.2, 0) is 4.79 Å². The van der Waals surface area contributed by atoms with Gasteiger partial charge in [0.15, 0.2) is 0 Å². The molecule has 126 valence electrons. The second-order valence-electron chi connectivity index (χ2n) is 6.95. The Bertz CT molecular complexity index is 232. The maximum atomic E-state index is 10.6. The third kappa shape index (κ3) is 15.8. The molecule has 1 rings (SSSR count). The lowest BCUT2D eigenvalue weighted by Gasteiger charge is -2.22. The quantitative estimate of drug-likeness (QED) is 0.581. The Balaban J connectivity index is 0.000000423. The minimum Gasteiger partial charge on any atom is -0.317 e. The van der Waals surface area contributed by atoms with Crippen LogP contribution in [0.25, 0.3) is 0 Å². The van der Waals surface area contributed by atoms with Crippen molar-refractivity contribution in [3.05, 3.63) is 0 Å². The molecule has 0 heterocycles. The first-order valence-corrected chi connectivity index (χ1v) is 9.26. The topological polar surface area (TPSA) is 29.1 Å². The first-order valence-electron chi connectivity index (χ1n) is 9.26. The molecule has 2 atom stereocenters. The second-order valence-corrected chi connectivity index (χ2v) is 6.95. The summed E-state index contributed by atoms with van der Waals surface area (Å²) in [5.41, 5.74) is 0. The van der Waals surface area contributed by atoms with E-state index in [-0.39, 0.29) is 0 Å². The fraction of sp³-hybridized carbons (Fsp3) is 0.947. The molecule has 0 aliphatic heterocycles. The number of Topliss-reactive ketones (excluding diaryl/α,β-unsaturated/α-hetero) is 1. The van der Waals surface area contributed by atoms with Gasteiger partial charge >= 0.3 is 0 Å². The maximum Gasteiger partial charge on any atom is 0.129 e. The van der Waals surface area contributed by atoms with Gasteiger partial charge in [0.2, 0.25) is 0 Å². The van der Waals surface area contributed by atoms with Crippen LogP contribution in [0.5, 0.6) is 0 Å². The molecule has 1 fully saturated rings. The lowest BCUT2D eigenvalue weighted by molar-refractivity contribution is -0.117. The van der Waals surface area contributed by atoms with E-state index in [9.17, 15) is 4.79 Å². The van der Waals surface area contributed by atoms with E-state index in [1.807, 2.05) is 0 Å². The van der Waals surface area contributed by atoms with Crippen molar-refractivity contribution in [2.75, 3.05) is 13.1 Å². The standard InChI is InChI=1S/C11H23NO.C8H16/c1-3-12-10-8-6-4-5-7-9-11(2)13;1-7-4-3-5-8(2)6-7/h12H,3-10H2,1-2H3;7-8H,3-6H2,1-2H3/t;7-,8+. The van der Waals surface area contributed by atoms with Crippen LogP contribution in [0.15, 0.2) is 0 Å². The third-order valence-electron chi connectivity index (χ3n) is 4.33. The number of ketones is 1. The van der Waals surface area contributed by atoms with E-state index in [4.69, 9.17) is 0 Å². The molecule has 1 saturated carbocycles. The fourth-order valence-corrected chi connectivity index (χ4v) is 3.07. The fourth-order valence-electron chi connectivity index (χ4n) is 3.07. The van der Waals surface area contributed by atoms with Crippen LogP contribution in [0.2, 0.25) is 0 Å². The van der Waals surface area contributed by atoms with Gasteiger partial charge in [0, 0.05) is 6.42 Å². The predicted molar refractivity (Wildman–Crippen MR) is 93.7 cm³/mol. The van der Waals surface area contributed by atoms with Crippen LogP contribution in [0, 0.1) is 11.8 Å².